The van der Waals surface area contributed by atoms with E-state index in [0.717, 1.165) is 0 Å². The normalized spacial score (nSPS) is 18.0. The van der Waals surface area contributed by atoms with Crippen molar-refractivity contribution in [2.45, 2.75) is 37.8 Å². The summed E-state index contributed by atoms with van der Waals surface area (Å²) >= 11 is 0. The molecule has 0 aromatic rings. The summed E-state index contributed by atoms with van der Waals surface area (Å²) in [5, 5.41) is 28.6. The topological polar surface area (TPSA) is 104 Å². The summed E-state index contributed by atoms with van der Waals surface area (Å²) in [4.78, 5) is 22.9. The number of ether oxygens (including phenoxy) is 1. The van der Waals surface area contributed by atoms with Gasteiger partial charge in [-0.25, -0.2) is 4.79 Å². The Bertz CT molecular complexity index is 1200. The van der Waals surface area contributed by atoms with Crippen molar-refractivity contribution in [1.29, 1.82) is 0 Å². The molecule has 6 heteroatoms. The van der Waals surface area contributed by atoms with Gasteiger partial charge in [-0.05, 0) is 89.8 Å². The quantitative estimate of drug-likeness (QED) is 0.377. The SMILES string of the molecule is CC#CC#CC#CC#CC#CC#CC#CC#CCC(=O)[C@H](O)[C@H]1OC(=O)[C@@H](O)[C@H]1O. The van der Waals surface area contributed by atoms with Gasteiger partial charge in [-0.3, -0.25) is 4.79 Å². The van der Waals surface area contributed by atoms with E-state index in [0.29, 0.717) is 0 Å². The lowest BCUT2D eigenvalue weighted by molar-refractivity contribution is -0.153. The van der Waals surface area contributed by atoms with Gasteiger partial charge in [-0.15, -0.1) is 0 Å². The molecule has 1 fully saturated rings. The zero-order chi connectivity index (χ0) is 22.2. The van der Waals surface area contributed by atoms with Gasteiger partial charge in [-0.1, -0.05) is 11.8 Å². The number of esters is 1. The molecule has 144 valence electrons. The lowest BCUT2D eigenvalue weighted by atomic mass is 10.0. The first-order valence-corrected chi connectivity index (χ1v) is 8.16. The summed E-state index contributed by atoms with van der Waals surface area (Å²) in [5.41, 5.74) is 0. The average Bonchev–Trinajstić information content (AvgIpc) is 3.00. The fourth-order valence-corrected chi connectivity index (χ4v) is 1.74. The zero-order valence-electron chi connectivity index (χ0n) is 15.6. The van der Waals surface area contributed by atoms with E-state index < -0.39 is 42.6 Å². The molecular formula is C24H12O6. The number of aliphatic hydroxyl groups is 3. The molecule has 0 bridgehead atoms. The van der Waals surface area contributed by atoms with Gasteiger partial charge in [-0.2, -0.15) is 0 Å². The van der Waals surface area contributed by atoms with E-state index in [2.05, 4.69) is 99.5 Å². The van der Waals surface area contributed by atoms with Crippen molar-refractivity contribution < 1.29 is 29.6 Å². The van der Waals surface area contributed by atoms with E-state index in [-0.39, 0.29) is 0 Å². The molecule has 30 heavy (non-hydrogen) atoms. The first kappa shape index (κ1) is 23.5. The second kappa shape index (κ2) is 13.6. The molecule has 1 aliphatic rings. The number of hydrogen-bond acceptors (Lipinski definition) is 6. The Morgan fingerprint density at radius 1 is 0.867 bits per heavy atom. The Morgan fingerprint density at radius 3 is 1.70 bits per heavy atom. The van der Waals surface area contributed by atoms with Crippen LogP contribution in [0.5, 0.6) is 0 Å². The van der Waals surface area contributed by atoms with Crippen molar-refractivity contribution in [3.05, 3.63) is 0 Å². The van der Waals surface area contributed by atoms with Crippen LogP contribution in [0.3, 0.4) is 0 Å². The molecule has 0 aromatic carbocycles. The van der Waals surface area contributed by atoms with Crippen molar-refractivity contribution in [2.24, 2.45) is 0 Å². The predicted molar refractivity (Wildman–Crippen MR) is 105 cm³/mol. The van der Waals surface area contributed by atoms with E-state index in [9.17, 15) is 24.9 Å². The van der Waals surface area contributed by atoms with Crippen LogP contribution in [0.25, 0.3) is 0 Å². The van der Waals surface area contributed by atoms with Crippen LogP contribution in [-0.2, 0) is 14.3 Å². The van der Waals surface area contributed by atoms with Gasteiger partial charge < -0.3 is 20.1 Å². The Morgan fingerprint density at radius 2 is 1.30 bits per heavy atom. The fourth-order valence-electron chi connectivity index (χ4n) is 1.74. The highest BCUT2D eigenvalue weighted by Crippen LogP contribution is 2.19. The van der Waals surface area contributed by atoms with Gasteiger partial charge in [0.05, 0.1) is 6.42 Å². The summed E-state index contributed by atoms with van der Waals surface area (Å²) < 4.78 is 4.56. The van der Waals surface area contributed by atoms with Crippen molar-refractivity contribution >= 4 is 11.8 Å². The van der Waals surface area contributed by atoms with E-state index in [1.807, 2.05) is 0 Å². The third-order valence-corrected chi connectivity index (χ3v) is 3.08. The monoisotopic (exact) mass is 396 g/mol. The molecule has 6 nitrogen and oxygen atoms in total. The van der Waals surface area contributed by atoms with Crippen LogP contribution in [0.1, 0.15) is 13.3 Å². The maximum atomic E-state index is 11.8. The molecule has 0 amide bonds. The first-order valence-electron chi connectivity index (χ1n) is 8.16. The molecule has 0 aliphatic carbocycles. The van der Waals surface area contributed by atoms with Crippen molar-refractivity contribution in [3.8, 4) is 94.7 Å². The van der Waals surface area contributed by atoms with E-state index >= 15 is 0 Å². The Labute approximate surface area is 174 Å². The number of carbonyl (C=O) groups excluding carboxylic acids is 2. The average molecular weight is 396 g/mol. The number of aliphatic hydroxyl groups excluding tert-OH is 3. The van der Waals surface area contributed by atoms with Crippen molar-refractivity contribution in [2.75, 3.05) is 0 Å². The van der Waals surface area contributed by atoms with Gasteiger partial charge in [0.1, 0.15) is 6.10 Å². The fraction of sp³-hybridized carbons (Fsp3) is 0.250. The van der Waals surface area contributed by atoms with Crippen LogP contribution < -0.4 is 0 Å². The molecule has 0 saturated carbocycles. The molecule has 0 unspecified atom stereocenters. The summed E-state index contributed by atoms with van der Waals surface area (Å²) in [6.07, 6.45) is -7.22. The highest BCUT2D eigenvalue weighted by molar-refractivity contribution is 5.87. The summed E-state index contributed by atoms with van der Waals surface area (Å²) in [5.74, 6) is 37.2. The molecule has 1 saturated heterocycles. The van der Waals surface area contributed by atoms with Crippen LogP contribution in [0, 0.1) is 94.7 Å². The molecule has 0 aromatic heterocycles. The molecule has 0 radical (unpaired) electrons. The molecule has 1 rings (SSSR count). The number of cyclic esters (lactones) is 1. The minimum Gasteiger partial charge on any atom is -0.454 e. The van der Waals surface area contributed by atoms with Crippen molar-refractivity contribution in [1.82, 2.24) is 0 Å². The maximum Gasteiger partial charge on any atom is 0.338 e. The second-order valence-electron chi connectivity index (χ2n) is 5.10. The van der Waals surface area contributed by atoms with Crippen LogP contribution in [0.2, 0.25) is 0 Å². The van der Waals surface area contributed by atoms with Crippen LogP contribution >= 0.6 is 0 Å². The molecule has 3 N–H and O–H groups in total. The van der Waals surface area contributed by atoms with Crippen LogP contribution in [0.15, 0.2) is 0 Å². The third kappa shape index (κ3) is 8.46. The minimum absolute atomic E-state index is 0.397. The van der Waals surface area contributed by atoms with Gasteiger partial charge in [0.2, 0.25) is 0 Å². The summed E-state index contributed by atoms with van der Waals surface area (Å²) in [6, 6.07) is 0. The lowest BCUT2D eigenvalue weighted by Gasteiger charge is -2.17. The number of Topliss-reactive ketones (excluding diaryl/α,β-unsaturated/α-hetero) is 1. The number of hydrogen-bond donors (Lipinski definition) is 3. The molecule has 1 heterocycles. The first-order chi connectivity index (χ1) is 14.5. The summed E-state index contributed by atoms with van der Waals surface area (Å²) in [6.45, 7) is 1.67. The molecule has 0 spiro atoms. The standard InChI is InChI=1S/C24H12O6/c1-2-3-4-5-6-7-8-9-10-11-12-13-14-15-16-17-18-19(25)20(26)23-21(27)22(28)24(29)30-23/h20-23,26-28H,18H2,1H3/t20-,21+,22-,23+/m0/s1. The van der Waals surface area contributed by atoms with Crippen LogP contribution in [-0.4, -0.2) is 51.5 Å². The second-order valence-corrected chi connectivity index (χ2v) is 5.10. The molecule has 1 aliphatic heterocycles. The highest BCUT2D eigenvalue weighted by Gasteiger charge is 2.47. The minimum atomic E-state index is -1.80. The highest BCUT2D eigenvalue weighted by atomic mass is 16.6. The molecular weight excluding hydrogens is 384 g/mol. The zero-order valence-corrected chi connectivity index (χ0v) is 15.6. The lowest BCUT2D eigenvalue weighted by Crippen LogP contribution is -2.42. The van der Waals surface area contributed by atoms with Crippen molar-refractivity contribution in [3.63, 3.8) is 0 Å². The Kier molecular flexibility index (Phi) is 10.7. The Hall–Kier alpha value is -4.50. The van der Waals surface area contributed by atoms with E-state index in [1.54, 1.807) is 6.92 Å². The van der Waals surface area contributed by atoms with E-state index in [4.69, 9.17) is 0 Å². The number of carbonyl (C=O) groups is 2. The molecule has 4 atom stereocenters. The number of ketones is 1. The van der Waals surface area contributed by atoms with E-state index in [1.165, 1.54) is 0 Å². The maximum absolute atomic E-state index is 11.8. The smallest absolute Gasteiger partial charge is 0.338 e. The largest absolute Gasteiger partial charge is 0.454 e. The number of rotatable bonds is 3. The summed E-state index contributed by atoms with van der Waals surface area (Å²) in [7, 11) is 0. The third-order valence-electron chi connectivity index (χ3n) is 3.08. The van der Waals surface area contributed by atoms with Gasteiger partial charge in [0.15, 0.2) is 24.1 Å². The van der Waals surface area contributed by atoms with Crippen LogP contribution in [0.4, 0.5) is 0 Å². The Balaban J connectivity index is 2.46. The van der Waals surface area contributed by atoms with Gasteiger partial charge in [0.25, 0.3) is 0 Å². The van der Waals surface area contributed by atoms with Gasteiger partial charge >= 0.3 is 5.97 Å². The predicted octanol–water partition coefficient (Wildman–Crippen LogP) is -2.00. The van der Waals surface area contributed by atoms with Gasteiger partial charge in [0, 0.05) is 0 Å².